The van der Waals surface area contributed by atoms with Crippen molar-refractivity contribution in [2.75, 3.05) is 0 Å². The number of carboxylic acids is 1. The summed E-state index contributed by atoms with van der Waals surface area (Å²) in [6.07, 6.45) is -0.877. The Balaban J connectivity index is 0. The average molecular weight is 172 g/mol. The Bertz CT molecular complexity index is 147. The van der Waals surface area contributed by atoms with Gasteiger partial charge >= 0.3 is 48.8 Å². The van der Waals surface area contributed by atoms with Gasteiger partial charge in [0.1, 0.15) is 6.42 Å². The van der Waals surface area contributed by atoms with E-state index < -0.39 is 25.7 Å². The van der Waals surface area contributed by atoms with Gasteiger partial charge in [-0.2, -0.15) is 0 Å². The van der Waals surface area contributed by atoms with Crippen LogP contribution in [0.15, 0.2) is 0 Å². The van der Waals surface area contributed by atoms with Crippen LogP contribution in [-0.2, 0) is 14.2 Å². The first-order valence-electron chi connectivity index (χ1n) is 2.30. The first kappa shape index (κ1) is 13.5. The van der Waals surface area contributed by atoms with E-state index in [-0.39, 0.29) is 29.6 Å². The maximum atomic E-state index is 10.1. The molecule has 0 saturated heterocycles. The molecule has 0 aromatic heterocycles. The van der Waals surface area contributed by atoms with Crippen LogP contribution in [-0.4, -0.2) is 64.0 Å². The zero-order valence-electron chi connectivity index (χ0n) is 4.85. The predicted molar refractivity (Wildman–Crippen MR) is 35.7 cm³/mol. The number of carbonyl (C=O) groups excluding carboxylic acids is 1. The number of aliphatic carboxylic acids is 1. The van der Waals surface area contributed by atoms with E-state index in [9.17, 15) is 9.59 Å². The van der Waals surface area contributed by atoms with Crippen LogP contribution >= 0.6 is 0 Å². The summed E-state index contributed by atoms with van der Waals surface area (Å²) in [5.41, 5.74) is 0. The van der Waals surface area contributed by atoms with Crippen molar-refractivity contribution in [3.05, 3.63) is 0 Å². The molecule has 0 aliphatic carbocycles. The molecule has 0 radical (unpaired) electrons. The number of hydrogen-bond donors (Lipinski definition) is 3. The van der Waals surface area contributed by atoms with Crippen molar-refractivity contribution in [2.24, 2.45) is 0 Å². The van der Waals surface area contributed by atoms with Gasteiger partial charge in [0.15, 0.2) is 0 Å². The van der Waals surface area contributed by atoms with Gasteiger partial charge < -0.3 is 19.8 Å². The topological polar surface area (TPSA) is 104 Å². The first-order valence-corrected chi connectivity index (χ1v) is 2.30. The molecule has 0 aromatic carbocycles. The van der Waals surface area contributed by atoms with Crippen LogP contribution in [0.4, 0.5) is 0 Å². The van der Waals surface area contributed by atoms with Crippen molar-refractivity contribution in [3.63, 3.8) is 0 Å². The minimum atomic E-state index is -2.24. The summed E-state index contributed by atoms with van der Waals surface area (Å²) in [5.74, 6) is -2.58. The van der Waals surface area contributed by atoms with Crippen LogP contribution in [0.3, 0.4) is 0 Å². The van der Waals surface area contributed by atoms with Crippen LogP contribution in [0.25, 0.3) is 0 Å². The van der Waals surface area contributed by atoms with Crippen molar-refractivity contribution < 1.29 is 29.4 Å². The van der Waals surface area contributed by atoms with Gasteiger partial charge in [0.25, 0.3) is 0 Å². The van der Waals surface area contributed by atoms with Crippen LogP contribution in [0.1, 0.15) is 6.42 Å². The van der Waals surface area contributed by atoms with Crippen molar-refractivity contribution in [2.45, 2.75) is 6.42 Å². The third-order valence-electron chi connectivity index (χ3n) is 0.532. The fraction of sp³-hybridized carbons (Fsp3) is 0.333. The zero-order chi connectivity index (χ0) is 8.15. The summed E-state index contributed by atoms with van der Waals surface area (Å²) < 4.78 is 3.65. The predicted octanol–water partition coefficient (Wildman–Crippen LogP) is -2.67. The van der Waals surface area contributed by atoms with Crippen LogP contribution in [0, 0.1) is 0 Å². The quantitative estimate of drug-likeness (QED) is 0.316. The number of rotatable bonds is 3. The molecule has 0 atom stereocenters. The van der Waals surface area contributed by atoms with E-state index in [0.717, 1.165) is 0 Å². The molecule has 0 aromatic rings. The molecule has 6 nitrogen and oxygen atoms in total. The summed E-state index contributed by atoms with van der Waals surface area (Å²) in [6, 6.07) is 0. The van der Waals surface area contributed by atoms with Crippen molar-refractivity contribution in [1.82, 2.24) is 0 Å². The van der Waals surface area contributed by atoms with Gasteiger partial charge in [0.05, 0.1) is 0 Å². The van der Waals surface area contributed by atoms with E-state index in [1.807, 2.05) is 0 Å². The molecule has 0 aliphatic rings. The normalized spacial score (nSPS) is 7.82. The Morgan fingerprint density at radius 3 is 2.09 bits per heavy atom. The molecule has 3 N–H and O–H groups in total. The average Bonchev–Trinajstić information content (AvgIpc) is 1.58. The Morgan fingerprint density at radius 1 is 1.36 bits per heavy atom. The van der Waals surface area contributed by atoms with E-state index in [2.05, 4.69) is 4.65 Å². The molecule has 11 heavy (non-hydrogen) atoms. The molecule has 0 unspecified atom stereocenters. The van der Waals surface area contributed by atoms with Crippen LogP contribution in [0.5, 0.6) is 0 Å². The zero-order valence-corrected chi connectivity index (χ0v) is 4.85. The van der Waals surface area contributed by atoms with Crippen LogP contribution in [0.2, 0.25) is 0 Å². The van der Waals surface area contributed by atoms with Gasteiger partial charge in [-0.05, 0) is 0 Å². The minimum absolute atomic E-state index is 0. The monoisotopic (exact) mass is 172 g/mol. The SMILES string of the molecule is O=C(O)CC(=O)OB(O)O.[NaH]. The molecule has 0 heterocycles. The molecule has 0 amide bonds. The van der Waals surface area contributed by atoms with Crippen molar-refractivity contribution in [3.8, 4) is 0 Å². The third-order valence-corrected chi connectivity index (χ3v) is 0.532. The van der Waals surface area contributed by atoms with Crippen molar-refractivity contribution in [1.29, 1.82) is 0 Å². The first-order chi connectivity index (χ1) is 4.52. The summed E-state index contributed by atoms with van der Waals surface area (Å²) in [4.78, 5) is 19.9. The number of carboxylic acid groups (broad SMARTS) is 1. The van der Waals surface area contributed by atoms with Gasteiger partial charge in [-0.3, -0.25) is 9.59 Å². The Hall–Kier alpha value is -0.0751. The van der Waals surface area contributed by atoms with Gasteiger partial charge in [-0.15, -0.1) is 0 Å². The van der Waals surface area contributed by atoms with Gasteiger partial charge in [-0.1, -0.05) is 0 Å². The van der Waals surface area contributed by atoms with E-state index in [4.69, 9.17) is 15.2 Å². The molecular weight excluding hydrogens is 166 g/mol. The van der Waals surface area contributed by atoms with Gasteiger partial charge in [0.2, 0.25) is 0 Å². The fourth-order valence-electron chi connectivity index (χ4n) is 0.283. The molecule has 0 saturated carbocycles. The Labute approximate surface area is 84.6 Å². The standard InChI is InChI=1S/C3H5BO6.Na.H/c5-2(6)1-3(7)10-4(8)9;;/h8-9H,1H2,(H,5,6);;. The van der Waals surface area contributed by atoms with Crippen molar-refractivity contribution >= 4 is 48.8 Å². The second-order valence-corrected chi connectivity index (χ2v) is 1.39. The molecule has 0 bridgehead atoms. The molecular formula is C3H6BNaO6. The van der Waals surface area contributed by atoms with Crippen LogP contribution < -0.4 is 0 Å². The number of carbonyl (C=O) groups is 2. The molecule has 8 heteroatoms. The van der Waals surface area contributed by atoms with E-state index >= 15 is 0 Å². The fourth-order valence-corrected chi connectivity index (χ4v) is 0.283. The van der Waals surface area contributed by atoms with E-state index in [0.29, 0.717) is 0 Å². The maximum absolute atomic E-state index is 10.1. The van der Waals surface area contributed by atoms with Gasteiger partial charge in [0, 0.05) is 0 Å². The molecule has 58 valence electrons. The molecule has 0 spiro atoms. The summed E-state index contributed by atoms with van der Waals surface area (Å²) in [7, 11) is -2.24. The molecule has 0 rings (SSSR count). The molecule has 0 aliphatic heterocycles. The molecule has 0 fully saturated rings. The van der Waals surface area contributed by atoms with Gasteiger partial charge in [-0.25, -0.2) is 0 Å². The van der Waals surface area contributed by atoms with E-state index in [1.54, 1.807) is 0 Å². The summed E-state index contributed by atoms with van der Waals surface area (Å²) in [5, 5.41) is 23.8. The number of hydrogen-bond acceptors (Lipinski definition) is 5. The summed E-state index contributed by atoms with van der Waals surface area (Å²) in [6.45, 7) is 0. The second kappa shape index (κ2) is 6.62. The Kier molecular flexibility index (Phi) is 8.14. The summed E-state index contributed by atoms with van der Waals surface area (Å²) >= 11 is 0. The van der Waals surface area contributed by atoms with E-state index in [1.165, 1.54) is 0 Å². The Morgan fingerprint density at radius 2 is 1.82 bits per heavy atom. The second-order valence-electron chi connectivity index (χ2n) is 1.39. The third kappa shape index (κ3) is 9.92.